The molecule has 1 aromatic carbocycles. The van der Waals surface area contributed by atoms with Crippen molar-refractivity contribution in [2.45, 2.75) is 6.10 Å². The number of rotatable bonds is 4. The number of amides is 1. The Bertz CT molecular complexity index is 464. The van der Waals surface area contributed by atoms with Gasteiger partial charge in [-0.3, -0.25) is 4.79 Å². The van der Waals surface area contributed by atoms with E-state index in [0.717, 1.165) is 0 Å². The summed E-state index contributed by atoms with van der Waals surface area (Å²) in [4.78, 5) is 11.2. The molecule has 2 rings (SSSR count). The number of carbonyl (C=O) groups excluding carboxylic acids is 1. The molecule has 6 N–H and O–H groups in total. The standard InChI is InChI=1S/C11H15N3O4/c12-5-13-3-9(16)7-1-6(15)2-8-11(7)18-4-10(17)14-8/h1-2,9,13,15-16H,3-5,12H2,(H,14,17). The van der Waals surface area contributed by atoms with Crippen molar-refractivity contribution in [1.29, 1.82) is 0 Å². The average Bonchev–Trinajstić information content (AvgIpc) is 2.34. The van der Waals surface area contributed by atoms with E-state index in [1.807, 2.05) is 0 Å². The van der Waals surface area contributed by atoms with Crippen LogP contribution >= 0.6 is 0 Å². The van der Waals surface area contributed by atoms with E-state index in [1.54, 1.807) is 0 Å². The minimum atomic E-state index is -0.885. The summed E-state index contributed by atoms with van der Waals surface area (Å²) in [6.45, 7) is 0.348. The molecule has 1 aliphatic heterocycles. The van der Waals surface area contributed by atoms with Gasteiger partial charge in [0.05, 0.1) is 11.8 Å². The van der Waals surface area contributed by atoms with Gasteiger partial charge in [0, 0.05) is 24.8 Å². The maximum Gasteiger partial charge on any atom is 0.262 e. The number of aliphatic hydroxyl groups is 1. The fourth-order valence-corrected chi connectivity index (χ4v) is 1.79. The van der Waals surface area contributed by atoms with Crippen LogP contribution < -0.4 is 21.1 Å². The van der Waals surface area contributed by atoms with E-state index in [0.29, 0.717) is 17.0 Å². The van der Waals surface area contributed by atoms with Gasteiger partial charge < -0.3 is 31.3 Å². The highest BCUT2D eigenvalue weighted by molar-refractivity contribution is 5.96. The Balaban J connectivity index is 2.32. The van der Waals surface area contributed by atoms with Crippen LogP contribution in [0.1, 0.15) is 11.7 Å². The number of anilines is 1. The van der Waals surface area contributed by atoms with Crippen molar-refractivity contribution < 1.29 is 19.7 Å². The molecule has 0 spiro atoms. The van der Waals surface area contributed by atoms with Crippen LogP contribution in [-0.4, -0.2) is 35.9 Å². The third-order valence-electron chi connectivity index (χ3n) is 2.57. The monoisotopic (exact) mass is 253 g/mol. The van der Waals surface area contributed by atoms with Crippen LogP contribution in [0.4, 0.5) is 5.69 Å². The summed E-state index contributed by atoms with van der Waals surface area (Å²) in [5, 5.41) is 24.9. The topological polar surface area (TPSA) is 117 Å². The smallest absolute Gasteiger partial charge is 0.262 e. The quantitative estimate of drug-likeness (QED) is 0.451. The lowest BCUT2D eigenvalue weighted by molar-refractivity contribution is -0.118. The third kappa shape index (κ3) is 2.53. The van der Waals surface area contributed by atoms with E-state index in [1.165, 1.54) is 12.1 Å². The minimum absolute atomic E-state index is 0.0543. The molecule has 0 aliphatic carbocycles. The number of benzene rings is 1. The molecule has 0 fully saturated rings. The first-order chi connectivity index (χ1) is 8.61. The number of hydrogen-bond acceptors (Lipinski definition) is 6. The molecule has 0 radical (unpaired) electrons. The Morgan fingerprint density at radius 2 is 2.33 bits per heavy atom. The van der Waals surface area contributed by atoms with Crippen molar-refractivity contribution in [3.8, 4) is 11.5 Å². The van der Waals surface area contributed by atoms with Gasteiger partial charge in [0.25, 0.3) is 5.91 Å². The number of hydrogen-bond donors (Lipinski definition) is 5. The Morgan fingerprint density at radius 1 is 1.56 bits per heavy atom. The van der Waals surface area contributed by atoms with Crippen LogP contribution in [0, 0.1) is 0 Å². The molecule has 1 heterocycles. The van der Waals surface area contributed by atoms with Crippen LogP contribution in [0.25, 0.3) is 0 Å². The second kappa shape index (κ2) is 5.21. The van der Waals surface area contributed by atoms with Crippen LogP contribution in [0.5, 0.6) is 11.5 Å². The number of phenolic OH excluding ortho intramolecular Hbond substituents is 1. The highest BCUT2D eigenvalue weighted by Crippen LogP contribution is 2.38. The SMILES string of the molecule is NCNCC(O)c1cc(O)cc2c1OCC(=O)N2. The van der Waals surface area contributed by atoms with Crippen LogP contribution in [0.3, 0.4) is 0 Å². The number of carbonyl (C=O) groups is 1. The molecule has 1 amide bonds. The molecular formula is C11H15N3O4. The molecule has 1 unspecified atom stereocenters. The zero-order valence-corrected chi connectivity index (χ0v) is 9.64. The van der Waals surface area contributed by atoms with Gasteiger partial charge in [0.15, 0.2) is 6.61 Å². The van der Waals surface area contributed by atoms with Crippen molar-refractivity contribution in [2.24, 2.45) is 5.73 Å². The predicted octanol–water partition coefficient (Wildman–Crippen LogP) is -0.738. The largest absolute Gasteiger partial charge is 0.508 e. The maximum atomic E-state index is 11.2. The second-order valence-electron chi connectivity index (χ2n) is 3.92. The summed E-state index contributed by atoms with van der Waals surface area (Å²) in [6.07, 6.45) is -0.885. The number of nitrogens with two attached hydrogens (primary N) is 1. The molecule has 18 heavy (non-hydrogen) atoms. The van der Waals surface area contributed by atoms with Crippen molar-refractivity contribution in [2.75, 3.05) is 25.1 Å². The number of aliphatic hydroxyl groups excluding tert-OH is 1. The number of nitrogens with one attached hydrogen (secondary N) is 2. The second-order valence-corrected chi connectivity index (χ2v) is 3.92. The minimum Gasteiger partial charge on any atom is -0.508 e. The summed E-state index contributed by atoms with van der Waals surface area (Å²) >= 11 is 0. The molecule has 7 nitrogen and oxygen atoms in total. The first-order valence-corrected chi connectivity index (χ1v) is 5.50. The van der Waals surface area contributed by atoms with Gasteiger partial charge >= 0.3 is 0 Å². The molecule has 1 aromatic rings. The Labute approximate surface area is 104 Å². The zero-order valence-electron chi connectivity index (χ0n) is 9.64. The van der Waals surface area contributed by atoms with Gasteiger partial charge in [0.2, 0.25) is 0 Å². The molecule has 98 valence electrons. The summed E-state index contributed by atoms with van der Waals surface area (Å²) < 4.78 is 5.28. The fourth-order valence-electron chi connectivity index (χ4n) is 1.79. The van der Waals surface area contributed by atoms with E-state index in [2.05, 4.69) is 10.6 Å². The third-order valence-corrected chi connectivity index (χ3v) is 2.57. The van der Waals surface area contributed by atoms with E-state index >= 15 is 0 Å². The molecule has 0 saturated heterocycles. The van der Waals surface area contributed by atoms with Crippen LogP contribution in [0.15, 0.2) is 12.1 Å². The van der Waals surface area contributed by atoms with Crippen molar-refractivity contribution >= 4 is 11.6 Å². The summed E-state index contributed by atoms with van der Waals surface area (Å²) in [7, 11) is 0. The Hall–Kier alpha value is -1.83. The summed E-state index contributed by atoms with van der Waals surface area (Å²) in [6, 6.07) is 2.78. The number of aromatic hydroxyl groups is 1. The van der Waals surface area contributed by atoms with E-state index in [-0.39, 0.29) is 31.5 Å². The van der Waals surface area contributed by atoms with Crippen LogP contribution in [0.2, 0.25) is 0 Å². The molecule has 1 aliphatic rings. The lowest BCUT2D eigenvalue weighted by Crippen LogP contribution is -2.29. The van der Waals surface area contributed by atoms with Gasteiger partial charge in [-0.05, 0) is 6.07 Å². The highest BCUT2D eigenvalue weighted by Gasteiger charge is 2.23. The number of phenols is 1. The number of ether oxygens (including phenoxy) is 1. The molecule has 7 heteroatoms. The maximum absolute atomic E-state index is 11.2. The number of fused-ring (bicyclic) bond motifs is 1. The van der Waals surface area contributed by atoms with Crippen molar-refractivity contribution in [3.63, 3.8) is 0 Å². The zero-order chi connectivity index (χ0) is 13.1. The van der Waals surface area contributed by atoms with Gasteiger partial charge in [0.1, 0.15) is 11.5 Å². The summed E-state index contributed by atoms with van der Waals surface area (Å²) in [5.74, 6) is 0.0219. The average molecular weight is 253 g/mol. The molecule has 0 aromatic heterocycles. The van der Waals surface area contributed by atoms with E-state index < -0.39 is 6.10 Å². The van der Waals surface area contributed by atoms with Crippen molar-refractivity contribution in [3.05, 3.63) is 17.7 Å². The Morgan fingerprint density at radius 3 is 3.06 bits per heavy atom. The van der Waals surface area contributed by atoms with Crippen molar-refractivity contribution in [1.82, 2.24) is 5.32 Å². The first kappa shape index (κ1) is 12.6. The summed E-state index contributed by atoms with van der Waals surface area (Å²) in [5.41, 5.74) is 6.04. The fraction of sp³-hybridized carbons (Fsp3) is 0.364. The predicted molar refractivity (Wildman–Crippen MR) is 64.2 cm³/mol. The van der Waals surface area contributed by atoms with Crippen LogP contribution in [-0.2, 0) is 4.79 Å². The lowest BCUT2D eigenvalue weighted by atomic mass is 10.1. The highest BCUT2D eigenvalue weighted by atomic mass is 16.5. The molecular weight excluding hydrogens is 238 g/mol. The molecule has 0 saturated carbocycles. The molecule has 0 bridgehead atoms. The van der Waals surface area contributed by atoms with E-state index in [4.69, 9.17) is 10.5 Å². The first-order valence-electron chi connectivity index (χ1n) is 5.50. The Kier molecular flexibility index (Phi) is 3.66. The van der Waals surface area contributed by atoms with E-state index in [9.17, 15) is 15.0 Å². The lowest BCUT2D eigenvalue weighted by Gasteiger charge is -2.23. The van der Waals surface area contributed by atoms with Gasteiger partial charge in [-0.2, -0.15) is 0 Å². The van der Waals surface area contributed by atoms with Gasteiger partial charge in [-0.1, -0.05) is 0 Å². The molecule has 1 atom stereocenters. The van der Waals surface area contributed by atoms with Gasteiger partial charge in [-0.15, -0.1) is 0 Å². The van der Waals surface area contributed by atoms with Gasteiger partial charge in [-0.25, -0.2) is 0 Å². The normalized spacial score (nSPS) is 15.6.